The van der Waals surface area contributed by atoms with Crippen LogP contribution in [-0.4, -0.2) is 18.6 Å². The molecule has 0 aliphatic heterocycles. The highest BCUT2D eigenvalue weighted by Gasteiger charge is 2.25. The van der Waals surface area contributed by atoms with Gasteiger partial charge in [-0.3, -0.25) is 0 Å². The first kappa shape index (κ1) is 51.0. The summed E-state index contributed by atoms with van der Waals surface area (Å²) < 4.78 is 34.3. The van der Waals surface area contributed by atoms with E-state index < -0.39 is 10.1 Å². The molecule has 0 amide bonds. The second kappa shape index (κ2) is 23.2. The Labute approximate surface area is 377 Å². The Morgan fingerprint density at radius 1 is 0.444 bits per heavy atom. The molecule has 0 saturated heterocycles. The Kier molecular flexibility index (Phi) is 18.8. The molecule has 7 heteroatoms. The van der Waals surface area contributed by atoms with Crippen molar-refractivity contribution in [3.63, 3.8) is 0 Å². The summed E-state index contributed by atoms with van der Waals surface area (Å²) >= 11 is 0. The van der Waals surface area contributed by atoms with Gasteiger partial charge in [-0.05, 0) is 94.8 Å². The molecular weight excluding hydrogens is 801 g/mol. The lowest BCUT2D eigenvalue weighted by molar-refractivity contribution is -0.270. The van der Waals surface area contributed by atoms with Crippen LogP contribution >= 0.6 is 0 Å². The molecule has 7 aromatic carbocycles. The largest absolute Gasteiger partial charge is 0.872 e. The fraction of sp³-hybridized carbons (Fsp3) is 0.250. The first-order valence-electron chi connectivity index (χ1n) is 21.2. The van der Waals surface area contributed by atoms with Crippen LogP contribution in [0.3, 0.4) is 0 Å². The minimum Gasteiger partial charge on any atom is -0.872 e. The third-order valence-electron chi connectivity index (χ3n) is 10.3. The molecule has 63 heavy (non-hydrogen) atoms. The van der Waals surface area contributed by atoms with Crippen molar-refractivity contribution < 1.29 is 27.9 Å². The summed E-state index contributed by atoms with van der Waals surface area (Å²) in [6, 6.07) is 42.8. The first-order chi connectivity index (χ1) is 29.5. The number of rotatable bonds is 5. The van der Waals surface area contributed by atoms with Gasteiger partial charge in [0, 0.05) is 36.8 Å². The molecule has 1 aliphatic rings. The average molecular weight is 866 g/mol. The molecule has 0 heterocycles. The average Bonchev–Trinajstić information content (AvgIpc) is 3.29. The van der Waals surface area contributed by atoms with Gasteiger partial charge < -0.3 is 19.5 Å². The standard InChI is InChI=1S/C48H40O6S.3C2H6.2CH4/c1-30-18-36-26-37-19-31(2)21-39(46(37)50)28-42-24-35(33-14-8-4-9-15-33)25-43(48(42)54-55(52,53)44-16-10-5-11-17-44)29-41-23-34(32-12-6-3-7-13-32)22-40(47(41)51)27-38(20-30)45(36)49;3*1-2;;/h3-25,49-51H,26-29H2,1-2H3;3*1-2H3;2*1H4/p-1. The van der Waals surface area contributed by atoms with Crippen LogP contribution in [0.4, 0.5) is 0 Å². The maximum Gasteiger partial charge on any atom is 0.339 e. The van der Waals surface area contributed by atoms with Crippen molar-refractivity contribution in [1.82, 2.24) is 0 Å². The third-order valence-corrected chi connectivity index (χ3v) is 11.5. The number of phenols is 2. The summed E-state index contributed by atoms with van der Waals surface area (Å²) in [5, 5.41) is 38.1. The van der Waals surface area contributed by atoms with Crippen molar-refractivity contribution in [2.24, 2.45) is 0 Å². The molecule has 0 radical (unpaired) electrons. The van der Waals surface area contributed by atoms with Gasteiger partial charge in [0.25, 0.3) is 0 Å². The summed E-state index contributed by atoms with van der Waals surface area (Å²) in [5.74, 6) is 0.0628. The quantitative estimate of drug-likeness (QED) is 0.167. The zero-order valence-electron chi connectivity index (χ0n) is 36.5. The Balaban J connectivity index is 0.00000127. The summed E-state index contributed by atoms with van der Waals surface area (Å²) in [4.78, 5) is 0.00271. The molecule has 0 atom stereocenters. The number of fused-ring (bicyclic) bond motifs is 8. The Hall–Kier alpha value is -6.31. The van der Waals surface area contributed by atoms with E-state index in [1.54, 1.807) is 18.2 Å². The topological polar surface area (TPSA) is 107 Å². The van der Waals surface area contributed by atoms with E-state index in [2.05, 4.69) is 0 Å². The fourth-order valence-corrected chi connectivity index (χ4v) is 8.73. The zero-order valence-corrected chi connectivity index (χ0v) is 37.4. The molecule has 7 aromatic rings. The molecule has 0 saturated carbocycles. The fourth-order valence-electron chi connectivity index (χ4n) is 7.71. The number of hydrogen-bond donors (Lipinski definition) is 2. The molecule has 8 bridgehead atoms. The number of benzene rings is 7. The predicted octanol–water partition coefficient (Wildman–Crippen LogP) is 13.9. The van der Waals surface area contributed by atoms with E-state index in [9.17, 15) is 23.7 Å². The second-order valence-corrected chi connectivity index (χ2v) is 15.9. The monoisotopic (exact) mass is 865 g/mol. The Morgan fingerprint density at radius 3 is 1.13 bits per heavy atom. The van der Waals surface area contributed by atoms with Crippen molar-refractivity contribution in [3.05, 3.63) is 195 Å². The summed E-state index contributed by atoms with van der Waals surface area (Å²) in [7, 11) is -4.32. The van der Waals surface area contributed by atoms with E-state index in [1.807, 2.05) is 165 Å². The van der Waals surface area contributed by atoms with E-state index in [4.69, 9.17) is 4.18 Å². The lowest BCUT2D eigenvalue weighted by Crippen LogP contribution is -2.13. The molecule has 0 unspecified atom stereocenters. The van der Waals surface area contributed by atoms with E-state index in [-0.39, 0.29) is 68.4 Å². The lowest BCUT2D eigenvalue weighted by Gasteiger charge is -2.24. The smallest absolute Gasteiger partial charge is 0.339 e. The van der Waals surface area contributed by atoms with Crippen LogP contribution in [0, 0.1) is 13.8 Å². The van der Waals surface area contributed by atoms with Gasteiger partial charge in [0.1, 0.15) is 22.1 Å². The maximum atomic E-state index is 14.1. The van der Waals surface area contributed by atoms with Gasteiger partial charge in [-0.15, -0.1) is 5.75 Å². The molecule has 8 rings (SSSR count). The number of aromatic hydroxyl groups is 2. The SMILES string of the molecule is C.C.CC.CC.CC.Cc1cc2c([O-])c(c1)Cc1cc(-c3ccccc3)cc(c1O)Cc1cc(-c3ccccc3)cc(c1OS(=O)(=O)c1ccccc1)Cc1cc(C)cc(c1O)C2. The summed E-state index contributed by atoms with van der Waals surface area (Å²) in [6.07, 6.45) is 0.578. The second-order valence-electron chi connectivity index (χ2n) is 14.4. The molecule has 0 fully saturated rings. The van der Waals surface area contributed by atoms with Crippen LogP contribution in [0.25, 0.3) is 22.3 Å². The van der Waals surface area contributed by atoms with Gasteiger partial charge in [-0.1, -0.05) is 182 Å². The van der Waals surface area contributed by atoms with Gasteiger partial charge >= 0.3 is 10.1 Å². The van der Waals surface area contributed by atoms with Gasteiger partial charge in [0.15, 0.2) is 0 Å². The van der Waals surface area contributed by atoms with Crippen molar-refractivity contribution in [2.45, 2.75) is 101 Å². The minimum atomic E-state index is -4.32. The van der Waals surface area contributed by atoms with Crippen LogP contribution in [0.5, 0.6) is 23.0 Å². The zero-order chi connectivity index (χ0) is 44.3. The van der Waals surface area contributed by atoms with E-state index in [1.165, 1.54) is 12.1 Å². The molecule has 0 aromatic heterocycles. The number of phenolic OH excluding ortho intramolecular Hbond substituents is 2. The normalized spacial score (nSPS) is 11.3. The number of aryl methyl sites for hydroxylation is 2. The predicted molar refractivity (Wildman–Crippen MR) is 262 cm³/mol. The summed E-state index contributed by atoms with van der Waals surface area (Å²) in [5.41, 5.74) is 9.71. The van der Waals surface area contributed by atoms with Crippen molar-refractivity contribution in [1.29, 1.82) is 0 Å². The molecule has 6 nitrogen and oxygen atoms in total. The van der Waals surface area contributed by atoms with Crippen molar-refractivity contribution >= 4 is 10.1 Å². The van der Waals surface area contributed by atoms with Crippen molar-refractivity contribution in [3.8, 4) is 45.3 Å². The first-order valence-corrected chi connectivity index (χ1v) is 22.6. The third kappa shape index (κ3) is 11.8. The van der Waals surface area contributed by atoms with Gasteiger partial charge in [0.05, 0.1) is 0 Å². The van der Waals surface area contributed by atoms with Gasteiger partial charge in [-0.25, -0.2) is 0 Å². The molecule has 0 spiro atoms. The highest BCUT2D eigenvalue weighted by Crippen LogP contribution is 2.42. The van der Waals surface area contributed by atoms with Crippen LogP contribution in [-0.2, 0) is 35.8 Å². The van der Waals surface area contributed by atoms with Crippen LogP contribution < -0.4 is 9.29 Å². The highest BCUT2D eigenvalue weighted by atomic mass is 32.2. The highest BCUT2D eigenvalue weighted by molar-refractivity contribution is 7.87. The van der Waals surface area contributed by atoms with Crippen LogP contribution in [0.15, 0.2) is 144 Å². The van der Waals surface area contributed by atoms with Crippen LogP contribution in [0.1, 0.15) is 112 Å². The summed E-state index contributed by atoms with van der Waals surface area (Å²) in [6.45, 7) is 15.9. The molecule has 2 N–H and O–H groups in total. The molecular formula is C56H65O6S-. The number of hydrogen-bond acceptors (Lipinski definition) is 6. The van der Waals surface area contributed by atoms with E-state index in [0.717, 1.165) is 33.4 Å². The van der Waals surface area contributed by atoms with Crippen LogP contribution in [0.2, 0.25) is 0 Å². The van der Waals surface area contributed by atoms with Crippen molar-refractivity contribution in [2.75, 3.05) is 0 Å². The molecule has 332 valence electrons. The van der Waals surface area contributed by atoms with Gasteiger partial charge in [-0.2, -0.15) is 8.42 Å². The minimum absolute atomic E-state index is 0. The van der Waals surface area contributed by atoms with E-state index >= 15 is 0 Å². The van der Waals surface area contributed by atoms with E-state index in [0.29, 0.717) is 44.5 Å². The lowest BCUT2D eigenvalue weighted by atomic mass is 9.87. The maximum absolute atomic E-state index is 14.1. The molecule has 1 aliphatic carbocycles. The van der Waals surface area contributed by atoms with Gasteiger partial charge in [0.2, 0.25) is 0 Å². The Bertz CT molecular complexity index is 2670. The Morgan fingerprint density at radius 2 is 0.746 bits per heavy atom.